The molecule has 26 heavy (non-hydrogen) atoms. The third-order valence-corrected chi connectivity index (χ3v) is 5.70. The zero-order chi connectivity index (χ0) is 18.1. The van der Waals surface area contributed by atoms with Crippen molar-refractivity contribution in [2.75, 3.05) is 4.72 Å². The van der Waals surface area contributed by atoms with Crippen LogP contribution in [0.3, 0.4) is 0 Å². The first kappa shape index (κ1) is 16.7. The van der Waals surface area contributed by atoms with E-state index in [1.807, 2.05) is 36.4 Å². The Bertz CT molecular complexity index is 1150. The number of rotatable bonds is 4. The molecule has 4 rings (SSSR count). The van der Waals surface area contributed by atoms with Crippen LogP contribution in [-0.4, -0.2) is 13.4 Å². The lowest BCUT2D eigenvalue weighted by atomic mass is 10.1. The molecule has 0 amide bonds. The Morgan fingerprint density at radius 1 is 0.846 bits per heavy atom. The molecule has 0 bridgehead atoms. The van der Waals surface area contributed by atoms with Gasteiger partial charge in [0.05, 0.1) is 4.90 Å². The minimum atomic E-state index is -3.68. The van der Waals surface area contributed by atoms with E-state index in [9.17, 15) is 8.42 Å². The molecule has 0 saturated carbocycles. The summed E-state index contributed by atoms with van der Waals surface area (Å²) in [5, 5.41) is 1.51. The van der Waals surface area contributed by atoms with Gasteiger partial charge < -0.3 is 4.98 Å². The predicted octanol–water partition coefficient (Wildman–Crippen LogP) is 5.29. The van der Waals surface area contributed by atoms with Crippen molar-refractivity contribution in [3.8, 4) is 11.3 Å². The van der Waals surface area contributed by atoms with Crippen LogP contribution in [0.2, 0.25) is 5.02 Å². The molecule has 2 N–H and O–H groups in total. The van der Waals surface area contributed by atoms with Gasteiger partial charge in [0.25, 0.3) is 10.0 Å². The number of para-hydroxylation sites is 1. The van der Waals surface area contributed by atoms with Crippen molar-refractivity contribution in [3.05, 3.63) is 83.9 Å². The van der Waals surface area contributed by atoms with E-state index in [0.717, 1.165) is 22.2 Å². The van der Waals surface area contributed by atoms with Crippen LogP contribution in [0.4, 0.5) is 5.69 Å². The topological polar surface area (TPSA) is 62.0 Å². The fourth-order valence-electron chi connectivity index (χ4n) is 2.79. The maximum Gasteiger partial charge on any atom is 0.261 e. The standard InChI is InChI=1S/C20H15ClN2O2S/c21-16-5-3-6-18(13-16)26(24,25)23-17-10-8-14(9-11-17)20-12-15-4-1-2-7-19(15)22-20/h1-13,22-23H. The Kier molecular flexibility index (Phi) is 4.18. The molecule has 0 aliphatic rings. The Balaban J connectivity index is 1.59. The van der Waals surface area contributed by atoms with Gasteiger partial charge in [-0.05, 0) is 48.0 Å². The van der Waals surface area contributed by atoms with Crippen LogP contribution < -0.4 is 4.72 Å². The molecule has 6 heteroatoms. The molecule has 0 unspecified atom stereocenters. The second kappa shape index (κ2) is 6.52. The van der Waals surface area contributed by atoms with Gasteiger partial charge >= 0.3 is 0 Å². The highest BCUT2D eigenvalue weighted by Gasteiger charge is 2.14. The number of hydrogen-bond acceptors (Lipinski definition) is 2. The average molecular weight is 383 g/mol. The van der Waals surface area contributed by atoms with E-state index in [2.05, 4.69) is 15.8 Å². The van der Waals surface area contributed by atoms with E-state index in [4.69, 9.17) is 11.6 Å². The molecule has 4 nitrogen and oxygen atoms in total. The van der Waals surface area contributed by atoms with Gasteiger partial charge in [0.1, 0.15) is 0 Å². The number of H-pyrrole nitrogens is 1. The van der Waals surface area contributed by atoms with E-state index in [0.29, 0.717) is 10.7 Å². The normalized spacial score (nSPS) is 11.6. The van der Waals surface area contributed by atoms with Crippen molar-refractivity contribution in [2.45, 2.75) is 4.90 Å². The first-order chi connectivity index (χ1) is 12.5. The van der Waals surface area contributed by atoms with E-state index in [1.54, 1.807) is 24.3 Å². The third kappa shape index (κ3) is 3.31. The summed E-state index contributed by atoms with van der Waals surface area (Å²) in [6, 6.07) is 23.5. The molecule has 0 radical (unpaired) electrons. The lowest BCUT2D eigenvalue weighted by Crippen LogP contribution is -2.12. The van der Waals surface area contributed by atoms with Gasteiger partial charge in [0.15, 0.2) is 0 Å². The number of sulfonamides is 1. The largest absolute Gasteiger partial charge is 0.355 e. The number of hydrogen-bond donors (Lipinski definition) is 2. The highest BCUT2D eigenvalue weighted by molar-refractivity contribution is 7.92. The summed E-state index contributed by atoms with van der Waals surface area (Å²) in [5.41, 5.74) is 3.51. The Hall–Kier alpha value is -2.76. The molecule has 0 fully saturated rings. The summed E-state index contributed by atoms with van der Waals surface area (Å²) in [6.45, 7) is 0. The first-order valence-electron chi connectivity index (χ1n) is 7.98. The Morgan fingerprint density at radius 2 is 1.62 bits per heavy atom. The van der Waals surface area contributed by atoms with Crippen LogP contribution in [0.1, 0.15) is 0 Å². The summed E-state index contributed by atoms with van der Waals surface area (Å²) in [5.74, 6) is 0. The first-order valence-corrected chi connectivity index (χ1v) is 9.84. The lowest BCUT2D eigenvalue weighted by molar-refractivity contribution is 0.601. The van der Waals surface area contributed by atoms with Crippen molar-refractivity contribution >= 4 is 38.2 Å². The zero-order valence-electron chi connectivity index (χ0n) is 13.6. The summed E-state index contributed by atoms with van der Waals surface area (Å²) in [4.78, 5) is 3.49. The minimum absolute atomic E-state index is 0.129. The average Bonchev–Trinajstić information content (AvgIpc) is 3.06. The molecule has 4 aromatic rings. The van der Waals surface area contributed by atoms with Crippen molar-refractivity contribution in [1.29, 1.82) is 0 Å². The van der Waals surface area contributed by atoms with Crippen molar-refractivity contribution in [2.24, 2.45) is 0 Å². The number of anilines is 1. The number of aromatic amines is 1. The highest BCUT2D eigenvalue weighted by Crippen LogP contribution is 2.26. The van der Waals surface area contributed by atoms with Gasteiger partial charge in [-0.2, -0.15) is 0 Å². The summed E-state index contributed by atoms with van der Waals surface area (Å²) >= 11 is 5.88. The number of benzene rings is 3. The summed E-state index contributed by atoms with van der Waals surface area (Å²) in [7, 11) is -3.68. The van der Waals surface area contributed by atoms with Crippen LogP contribution in [0.15, 0.2) is 83.8 Å². The fourth-order valence-corrected chi connectivity index (χ4v) is 4.15. The van der Waals surface area contributed by atoms with Crippen LogP contribution >= 0.6 is 11.6 Å². The number of aromatic nitrogens is 1. The number of halogens is 1. The van der Waals surface area contributed by atoms with Crippen LogP contribution in [-0.2, 0) is 10.0 Å². The molecular formula is C20H15ClN2O2S. The van der Waals surface area contributed by atoms with Gasteiger partial charge in [-0.1, -0.05) is 48.0 Å². The monoisotopic (exact) mass is 382 g/mol. The molecule has 1 heterocycles. The zero-order valence-corrected chi connectivity index (χ0v) is 15.2. The molecule has 0 aliphatic carbocycles. The van der Waals surface area contributed by atoms with Gasteiger partial charge in [-0.25, -0.2) is 8.42 Å². The van der Waals surface area contributed by atoms with Crippen molar-refractivity contribution in [3.63, 3.8) is 0 Å². The maximum atomic E-state index is 12.5. The quantitative estimate of drug-likeness (QED) is 0.503. The van der Waals surface area contributed by atoms with E-state index in [1.165, 1.54) is 12.1 Å². The van der Waals surface area contributed by atoms with Crippen molar-refractivity contribution in [1.82, 2.24) is 4.98 Å². The molecule has 1 aromatic heterocycles. The summed E-state index contributed by atoms with van der Waals surface area (Å²) < 4.78 is 27.5. The lowest BCUT2D eigenvalue weighted by Gasteiger charge is -2.09. The van der Waals surface area contributed by atoms with E-state index in [-0.39, 0.29) is 4.90 Å². The second-order valence-electron chi connectivity index (χ2n) is 5.91. The molecule has 0 aliphatic heterocycles. The van der Waals surface area contributed by atoms with Crippen molar-refractivity contribution < 1.29 is 8.42 Å². The van der Waals surface area contributed by atoms with Crippen LogP contribution in [0.5, 0.6) is 0 Å². The highest BCUT2D eigenvalue weighted by atomic mass is 35.5. The smallest absolute Gasteiger partial charge is 0.261 e. The molecule has 130 valence electrons. The molecule has 0 spiro atoms. The van der Waals surface area contributed by atoms with Gasteiger partial charge in [0.2, 0.25) is 0 Å². The summed E-state index contributed by atoms with van der Waals surface area (Å²) in [6.07, 6.45) is 0. The Labute approximate surface area is 156 Å². The fraction of sp³-hybridized carbons (Fsp3) is 0. The molecule has 0 saturated heterocycles. The third-order valence-electron chi connectivity index (χ3n) is 4.08. The number of fused-ring (bicyclic) bond motifs is 1. The molecule has 0 atom stereocenters. The number of nitrogens with one attached hydrogen (secondary N) is 2. The second-order valence-corrected chi connectivity index (χ2v) is 8.03. The van der Waals surface area contributed by atoms with E-state index >= 15 is 0 Å². The maximum absolute atomic E-state index is 12.5. The molecular weight excluding hydrogens is 368 g/mol. The SMILES string of the molecule is O=S(=O)(Nc1ccc(-c2cc3ccccc3[nH]2)cc1)c1cccc(Cl)c1. The van der Waals surface area contributed by atoms with Gasteiger partial charge in [-0.15, -0.1) is 0 Å². The predicted molar refractivity (Wildman–Crippen MR) is 106 cm³/mol. The van der Waals surface area contributed by atoms with Gasteiger partial charge in [0, 0.05) is 27.3 Å². The van der Waals surface area contributed by atoms with Gasteiger partial charge in [-0.3, -0.25) is 4.72 Å². The van der Waals surface area contributed by atoms with Crippen LogP contribution in [0, 0.1) is 0 Å². The Morgan fingerprint density at radius 3 is 2.35 bits per heavy atom. The molecule has 3 aromatic carbocycles. The minimum Gasteiger partial charge on any atom is -0.355 e. The van der Waals surface area contributed by atoms with Crippen LogP contribution in [0.25, 0.3) is 22.2 Å². The van der Waals surface area contributed by atoms with E-state index < -0.39 is 10.0 Å².